The highest BCUT2D eigenvalue weighted by Gasteiger charge is 2.18. The summed E-state index contributed by atoms with van der Waals surface area (Å²) in [6.07, 6.45) is 1.42. The van der Waals surface area contributed by atoms with Crippen LogP contribution in [0, 0.1) is 13.8 Å². The van der Waals surface area contributed by atoms with Gasteiger partial charge in [0, 0.05) is 27.1 Å². The Bertz CT molecular complexity index is 1850. The summed E-state index contributed by atoms with van der Waals surface area (Å²) in [5, 5.41) is 5.19. The third-order valence-electron chi connectivity index (χ3n) is 6.75. The Morgan fingerprint density at radius 3 is 2.36 bits per heavy atom. The van der Waals surface area contributed by atoms with Gasteiger partial charge in [0.1, 0.15) is 29.7 Å². The highest BCUT2D eigenvalue weighted by atomic mass is 79.9. The van der Waals surface area contributed by atoms with Gasteiger partial charge >= 0.3 is 5.91 Å². The third-order valence-corrected chi connectivity index (χ3v) is 8.93. The van der Waals surface area contributed by atoms with Crippen molar-refractivity contribution in [3.8, 4) is 22.9 Å². The summed E-state index contributed by atoms with van der Waals surface area (Å²) in [4.78, 5) is 12.7. The number of amides is 1. The molecular formula is C33H27BrCl3N3O5. The molecule has 0 fully saturated rings. The molecule has 2 aromatic heterocycles. The van der Waals surface area contributed by atoms with Crippen molar-refractivity contribution in [3.63, 3.8) is 0 Å². The lowest BCUT2D eigenvalue weighted by molar-refractivity contribution is 0.0923. The van der Waals surface area contributed by atoms with Crippen LogP contribution in [0.2, 0.25) is 15.1 Å². The van der Waals surface area contributed by atoms with Gasteiger partial charge in [-0.05, 0) is 102 Å². The first-order valence-electron chi connectivity index (χ1n) is 13.6. The Labute approximate surface area is 283 Å². The minimum Gasteiger partial charge on any atom is -0.493 e. The maximum absolute atomic E-state index is 12.7. The number of aryl methyl sites for hydroxylation is 2. The number of hydrogen-bond donors (Lipinski definition) is 1. The van der Waals surface area contributed by atoms with Crippen LogP contribution < -0.4 is 19.6 Å². The molecule has 0 saturated heterocycles. The number of rotatable bonds is 11. The first-order chi connectivity index (χ1) is 21.6. The van der Waals surface area contributed by atoms with Crippen molar-refractivity contribution >= 4 is 62.9 Å². The molecule has 1 amide bonds. The maximum Gasteiger partial charge on any atom is 0.307 e. The van der Waals surface area contributed by atoms with E-state index in [1.807, 2.05) is 24.3 Å². The first-order valence-corrected chi connectivity index (χ1v) is 15.5. The van der Waals surface area contributed by atoms with Gasteiger partial charge in [-0.2, -0.15) is 5.10 Å². The average Bonchev–Trinajstić information content (AvgIpc) is 3.65. The summed E-state index contributed by atoms with van der Waals surface area (Å²) in [7, 11) is 1.49. The van der Waals surface area contributed by atoms with E-state index in [1.54, 1.807) is 36.4 Å². The second kappa shape index (κ2) is 14.5. The molecule has 0 atom stereocenters. The predicted octanol–water partition coefficient (Wildman–Crippen LogP) is 9.34. The quantitative estimate of drug-likeness (QED) is 0.108. The Morgan fingerprint density at radius 2 is 1.67 bits per heavy atom. The summed E-state index contributed by atoms with van der Waals surface area (Å²) >= 11 is 22.2. The highest BCUT2D eigenvalue weighted by Crippen LogP contribution is 2.42. The second-order valence-corrected chi connectivity index (χ2v) is 11.8. The van der Waals surface area contributed by atoms with Crippen molar-refractivity contribution in [2.45, 2.75) is 27.1 Å². The van der Waals surface area contributed by atoms with Crippen molar-refractivity contribution in [1.29, 1.82) is 0 Å². The lowest BCUT2D eigenvalue weighted by Crippen LogP contribution is -2.16. The summed E-state index contributed by atoms with van der Waals surface area (Å²) < 4.78 is 25.6. The van der Waals surface area contributed by atoms with Crippen molar-refractivity contribution in [2.75, 3.05) is 7.11 Å². The molecule has 0 aliphatic carbocycles. The Morgan fingerprint density at radius 1 is 0.933 bits per heavy atom. The van der Waals surface area contributed by atoms with E-state index in [2.05, 4.69) is 57.0 Å². The van der Waals surface area contributed by atoms with Crippen LogP contribution in [0.5, 0.6) is 17.2 Å². The lowest BCUT2D eigenvalue weighted by Gasteiger charge is -2.15. The molecule has 0 bridgehead atoms. The van der Waals surface area contributed by atoms with Crippen LogP contribution in [-0.2, 0) is 13.2 Å². The fraction of sp³-hybridized carbons (Fsp3) is 0.152. The van der Waals surface area contributed by atoms with E-state index in [0.717, 1.165) is 22.6 Å². The summed E-state index contributed by atoms with van der Waals surface area (Å²) in [5.41, 5.74) is 7.16. The molecule has 232 valence electrons. The number of carbonyl (C=O) groups excluding carboxylic acids is 1. The van der Waals surface area contributed by atoms with Crippen molar-refractivity contribution in [2.24, 2.45) is 5.10 Å². The molecule has 0 aliphatic rings. The van der Waals surface area contributed by atoms with Gasteiger partial charge in [-0.3, -0.25) is 4.79 Å². The third kappa shape index (κ3) is 7.68. The van der Waals surface area contributed by atoms with E-state index in [1.165, 1.54) is 13.3 Å². The van der Waals surface area contributed by atoms with Gasteiger partial charge in [0.2, 0.25) is 0 Å². The first kappa shape index (κ1) is 32.5. The molecule has 45 heavy (non-hydrogen) atoms. The maximum atomic E-state index is 12.7. The zero-order valence-corrected chi connectivity index (χ0v) is 28.2. The van der Waals surface area contributed by atoms with Crippen LogP contribution in [0.1, 0.15) is 38.8 Å². The van der Waals surface area contributed by atoms with Gasteiger partial charge in [-0.15, -0.1) is 0 Å². The number of aromatic nitrogens is 1. The van der Waals surface area contributed by atoms with Crippen LogP contribution >= 0.6 is 50.7 Å². The number of methoxy groups -OCH3 is 1. The fourth-order valence-corrected chi connectivity index (χ4v) is 5.46. The van der Waals surface area contributed by atoms with Gasteiger partial charge in [0.15, 0.2) is 17.3 Å². The number of nitrogens with one attached hydrogen (secondary N) is 1. The normalized spacial score (nSPS) is 11.2. The van der Waals surface area contributed by atoms with Crippen molar-refractivity contribution < 1.29 is 23.4 Å². The molecule has 3 aromatic carbocycles. The highest BCUT2D eigenvalue weighted by molar-refractivity contribution is 9.10. The van der Waals surface area contributed by atoms with Crippen LogP contribution in [-0.4, -0.2) is 23.8 Å². The van der Waals surface area contributed by atoms with E-state index in [0.29, 0.717) is 43.1 Å². The monoisotopic (exact) mass is 729 g/mol. The number of ether oxygens (including phenoxy) is 3. The lowest BCUT2D eigenvalue weighted by atomic mass is 10.2. The van der Waals surface area contributed by atoms with E-state index < -0.39 is 5.91 Å². The van der Waals surface area contributed by atoms with Crippen LogP contribution in [0.25, 0.3) is 5.69 Å². The minimum absolute atomic E-state index is 0.0837. The SMILES string of the molecule is COc1cc(/C=N/NC(=O)c2ccc(COc3ccc(-n4c(C)ccc4C)cc3)o2)c(Br)c(Cl)c1OCc1ccc(Cl)c(Cl)c1. The van der Waals surface area contributed by atoms with Crippen LogP contribution in [0.3, 0.4) is 0 Å². The number of hydrazone groups is 1. The molecule has 0 unspecified atom stereocenters. The van der Waals surface area contributed by atoms with E-state index in [9.17, 15) is 4.79 Å². The van der Waals surface area contributed by atoms with Gasteiger partial charge in [-0.1, -0.05) is 40.9 Å². The van der Waals surface area contributed by atoms with E-state index in [-0.39, 0.29) is 24.0 Å². The summed E-state index contributed by atoms with van der Waals surface area (Å²) in [6, 6.07) is 22.0. The molecular weight excluding hydrogens is 705 g/mol. The molecule has 5 rings (SSSR count). The smallest absolute Gasteiger partial charge is 0.307 e. The number of carbonyl (C=O) groups is 1. The summed E-state index contributed by atoms with van der Waals surface area (Å²) in [6.45, 7) is 4.46. The van der Waals surface area contributed by atoms with Crippen LogP contribution in [0.15, 0.2) is 86.8 Å². The molecule has 12 heteroatoms. The molecule has 0 spiro atoms. The van der Waals surface area contributed by atoms with Gasteiger partial charge < -0.3 is 23.2 Å². The number of furan rings is 1. The molecule has 0 aliphatic heterocycles. The summed E-state index contributed by atoms with van der Waals surface area (Å²) in [5.74, 6) is 1.41. The second-order valence-electron chi connectivity index (χ2n) is 9.86. The molecule has 5 aromatic rings. The number of halogens is 4. The molecule has 1 N–H and O–H groups in total. The van der Waals surface area contributed by atoms with Crippen molar-refractivity contribution in [3.05, 3.63) is 126 Å². The topological polar surface area (TPSA) is 87.2 Å². The molecule has 2 heterocycles. The molecule has 8 nitrogen and oxygen atoms in total. The molecule has 0 radical (unpaired) electrons. The minimum atomic E-state index is -0.532. The average molecular weight is 732 g/mol. The molecule has 0 saturated carbocycles. The van der Waals surface area contributed by atoms with Crippen LogP contribution in [0.4, 0.5) is 0 Å². The van der Waals surface area contributed by atoms with E-state index in [4.69, 9.17) is 53.4 Å². The fourth-order valence-electron chi connectivity index (χ4n) is 4.48. The zero-order valence-electron chi connectivity index (χ0n) is 24.4. The van der Waals surface area contributed by atoms with Gasteiger partial charge in [0.05, 0.1) is 23.4 Å². The largest absolute Gasteiger partial charge is 0.493 e. The predicted molar refractivity (Wildman–Crippen MR) is 180 cm³/mol. The van der Waals surface area contributed by atoms with Gasteiger partial charge in [0.25, 0.3) is 0 Å². The van der Waals surface area contributed by atoms with Gasteiger partial charge in [-0.25, -0.2) is 5.43 Å². The number of benzene rings is 3. The Kier molecular flexibility index (Phi) is 10.5. The zero-order chi connectivity index (χ0) is 32.1. The Hall–Kier alpha value is -3.89. The number of hydrogen-bond acceptors (Lipinski definition) is 6. The standard InChI is InChI=1S/C33H27BrCl3N3O5/c1-19-4-5-20(2)40(19)23-7-9-24(10-8-23)43-18-25-11-13-28(45-25)33(41)39-38-16-22-15-29(42-3)32(31(37)30(22)34)44-17-21-6-12-26(35)27(36)14-21/h4-16H,17-18H2,1-3H3,(H,39,41)/b38-16+. The van der Waals surface area contributed by atoms with E-state index >= 15 is 0 Å². The number of nitrogens with zero attached hydrogens (tertiary/aromatic N) is 2. The van der Waals surface area contributed by atoms with Crippen molar-refractivity contribution in [1.82, 2.24) is 9.99 Å². The Balaban J connectivity index is 1.17.